The van der Waals surface area contributed by atoms with E-state index < -0.39 is 11.9 Å². The van der Waals surface area contributed by atoms with Crippen molar-refractivity contribution in [1.29, 1.82) is 0 Å². The van der Waals surface area contributed by atoms with Crippen LogP contribution in [0.25, 0.3) is 76.5 Å². The van der Waals surface area contributed by atoms with Crippen LogP contribution in [0.15, 0.2) is 171 Å². The molecule has 0 saturated carbocycles. The molecule has 0 atom stereocenters. The zero-order valence-electron chi connectivity index (χ0n) is 29.3. The van der Waals surface area contributed by atoms with Gasteiger partial charge in [-0.1, -0.05) is 147 Å². The molecule has 8 aromatic rings. The molecule has 0 aliphatic carbocycles. The van der Waals surface area contributed by atoms with E-state index in [1.54, 1.807) is 0 Å². The monoisotopic (exact) mass is 706 g/mol. The molecule has 0 N–H and O–H groups in total. The molecule has 0 aliphatic rings. The minimum atomic E-state index is -0.598. The highest BCUT2D eigenvalue weighted by Crippen LogP contribution is 2.53. The van der Waals surface area contributed by atoms with E-state index >= 15 is 0 Å². The number of esters is 2. The molecule has 0 saturated heterocycles. The Kier molecular flexibility index (Phi) is 9.31. The lowest BCUT2D eigenvalue weighted by atomic mass is 9.85. The molecule has 0 aliphatic heterocycles. The molecule has 0 bridgehead atoms. The quantitative estimate of drug-likeness (QED) is 0.0757. The van der Waals surface area contributed by atoms with Crippen LogP contribution in [-0.2, 0) is 19.1 Å². The van der Waals surface area contributed by atoms with Crippen molar-refractivity contribution in [3.8, 4) is 44.9 Å². The van der Waals surface area contributed by atoms with Gasteiger partial charge in [0.05, 0.1) is 12.5 Å². The molecule has 0 aromatic heterocycles. The van der Waals surface area contributed by atoms with Gasteiger partial charge in [-0.3, -0.25) is 0 Å². The molecular formula is C48H34O6. The molecule has 0 radical (unpaired) electrons. The Morgan fingerprint density at radius 3 is 1.17 bits per heavy atom. The molecule has 262 valence electrons. The molecule has 0 unspecified atom stereocenters. The number of carbonyl (C=O) groups excluding carboxylic acids is 2. The summed E-state index contributed by atoms with van der Waals surface area (Å²) in [6.07, 6.45) is 2.18. The normalized spacial score (nSPS) is 11.0. The van der Waals surface area contributed by atoms with Crippen LogP contribution in [0.1, 0.15) is 0 Å². The van der Waals surface area contributed by atoms with Gasteiger partial charge >= 0.3 is 11.9 Å². The van der Waals surface area contributed by atoms with E-state index in [1.807, 2.05) is 72.8 Å². The van der Waals surface area contributed by atoms with Crippen LogP contribution in [0.3, 0.4) is 0 Å². The van der Waals surface area contributed by atoms with E-state index in [0.29, 0.717) is 22.6 Å². The van der Waals surface area contributed by atoms with Gasteiger partial charge in [-0.25, -0.2) is 9.59 Å². The summed E-state index contributed by atoms with van der Waals surface area (Å²) in [6.45, 7) is 6.33. The second kappa shape index (κ2) is 14.8. The predicted molar refractivity (Wildman–Crippen MR) is 216 cm³/mol. The first kappa shape index (κ1) is 33.9. The average molecular weight is 707 g/mol. The van der Waals surface area contributed by atoms with E-state index in [0.717, 1.165) is 77.9 Å². The molecular weight excluding hydrogens is 673 g/mol. The summed E-state index contributed by atoms with van der Waals surface area (Å²) in [5.74, 6) is -0.263. The zero-order valence-corrected chi connectivity index (χ0v) is 29.3. The largest absolute Gasteiger partial charge is 0.481 e. The van der Waals surface area contributed by atoms with Crippen molar-refractivity contribution in [3.63, 3.8) is 0 Å². The van der Waals surface area contributed by atoms with Crippen LogP contribution in [0.5, 0.6) is 11.5 Å². The van der Waals surface area contributed by atoms with E-state index in [-0.39, 0.29) is 13.2 Å². The summed E-state index contributed by atoms with van der Waals surface area (Å²) in [5, 5.41) is 7.13. The first-order chi connectivity index (χ1) is 26.6. The van der Waals surface area contributed by atoms with Gasteiger partial charge in [0.15, 0.2) is 13.2 Å². The van der Waals surface area contributed by atoms with Crippen molar-refractivity contribution < 1.29 is 28.5 Å². The Bertz CT molecular complexity index is 2540. The Morgan fingerprint density at radius 2 is 0.778 bits per heavy atom. The minimum Gasteiger partial charge on any atom is -0.481 e. The van der Waals surface area contributed by atoms with Crippen LogP contribution in [0, 0.1) is 0 Å². The van der Waals surface area contributed by atoms with Gasteiger partial charge in [0.25, 0.3) is 0 Å². The molecule has 0 amide bonds. The zero-order chi connectivity index (χ0) is 37.0. The Morgan fingerprint density at radius 1 is 0.407 bits per heavy atom. The summed E-state index contributed by atoms with van der Waals surface area (Å²) in [4.78, 5) is 25.7. The van der Waals surface area contributed by atoms with Gasteiger partial charge < -0.3 is 18.9 Å². The lowest BCUT2D eigenvalue weighted by Gasteiger charge is -2.23. The standard InChI is InChI=1S/C48H34O6/c1-3-51-43(49)29-53-47-39-21-13-11-19-35(39)41-27-33(31-15-7-5-8-16-31)23-25-37(41)45(47)46-38-26-24-34(32-17-9-6-10-18-32)28-42(38)36-20-12-14-22-40(36)48(46)54-30-44(50)52-4-2/h3-28H,1-2,29-30H2. The van der Waals surface area contributed by atoms with Gasteiger partial charge in [-0.2, -0.15) is 0 Å². The maximum atomic E-state index is 12.8. The molecule has 8 rings (SSSR count). The van der Waals surface area contributed by atoms with Crippen LogP contribution in [-0.4, -0.2) is 25.2 Å². The third kappa shape index (κ3) is 6.31. The second-order valence-electron chi connectivity index (χ2n) is 12.6. The van der Waals surface area contributed by atoms with E-state index in [2.05, 4.69) is 86.0 Å². The molecule has 54 heavy (non-hydrogen) atoms. The number of ether oxygens (including phenoxy) is 4. The maximum Gasteiger partial charge on any atom is 0.348 e. The summed E-state index contributed by atoms with van der Waals surface area (Å²) >= 11 is 0. The highest BCUT2D eigenvalue weighted by molar-refractivity contribution is 6.25. The molecule has 0 heterocycles. The van der Waals surface area contributed by atoms with Crippen LogP contribution < -0.4 is 9.47 Å². The van der Waals surface area contributed by atoms with Crippen molar-refractivity contribution in [2.45, 2.75) is 0 Å². The molecule has 0 fully saturated rings. The third-order valence-electron chi connectivity index (χ3n) is 9.52. The van der Waals surface area contributed by atoms with Crippen molar-refractivity contribution in [1.82, 2.24) is 0 Å². The summed E-state index contributed by atoms with van der Waals surface area (Å²) in [7, 11) is 0. The third-order valence-corrected chi connectivity index (χ3v) is 9.52. The lowest BCUT2D eigenvalue weighted by molar-refractivity contribution is -0.141. The van der Waals surface area contributed by atoms with Crippen molar-refractivity contribution in [3.05, 3.63) is 171 Å². The molecule has 6 nitrogen and oxygen atoms in total. The number of benzene rings is 8. The Labute approximate surface area is 312 Å². The fraction of sp³-hybridized carbons (Fsp3) is 0.0417. The van der Waals surface area contributed by atoms with Crippen molar-refractivity contribution in [2.75, 3.05) is 13.2 Å². The van der Waals surface area contributed by atoms with Gasteiger partial charge in [-0.15, -0.1) is 0 Å². The molecule has 8 aromatic carbocycles. The van der Waals surface area contributed by atoms with Gasteiger partial charge in [0.1, 0.15) is 11.5 Å². The van der Waals surface area contributed by atoms with Crippen LogP contribution >= 0.6 is 0 Å². The lowest BCUT2D eigenvalue weighted by Crippen LogP contribution is -2.14. The van der Waals surface area contributed by atoms with E-state index in [9.17, 15) is 9.59 Å². The highest BCUT2D eigenvalue weighted by atomic mass is 16.6. The first-order valence-corrected chi connectivity index (χ1v) is 17.5. The smallest absolute Gasteiger partial charge is 0.348 e. The summed E-state index contributed by atoms with van der Waals surface area (Å²) in [5.41, 5.74) is 5.64. The van der Waals surface area contributed by atoms with Crippen LogP contribution in [0.4, 0.5) is 0 Å². The number of rotatable bonds is 11. The minimum absolute atomic E-state index is 0.373. The van der Waals surface area contributed by atoms with Gasteiger partial charge in [0, 0.05) is 21.9 Å². The fourth-order valence-electron chi connectivity index (χ4n) is 7.25. The van der Waals surface area contributed by atoms with E-state index in [4.69, 9.17) is 18.9 Å². The number of fused-ring (bicyclic) bond motifs is 6. The molecule has 0 spiro atoms. The van der Waals surface area contributed by atoms with E-state index in [1.165, 1.54) is 0 Å². The molecule has 6 heteroatoms. The van der Waals surface area contributed by atoms with Crippen molar-refractivity contribution >= 4 is 55.0 Å². The number of hydrogen-bond acceptors (Lipinski definition) is 6. The summed E-state index contributed by atoms with van der Waals surface area (Å²) < 4.78 is 23.2. The highest BCUT2D eigenvalue weighted by Gasteiger charge is 2.26. The van der Waals surface area contributed by atoms with Gasteiger partial charge in [-0.05, 0) is 66.7 Å². The predicted octanol–water partition coefficient (Wildman–Crippen LogP) is 11.4. The first-order valence-electron chi connectivity index (χ1n) is 17.5. The Balaban J connectivity index is 1.52. The summed E-state index contributed by atoms with van der Waals surface area (Å²) in [6, 6.07) is 49.1. The van der Waals surface area contributed by atoms with Crippen molar-refractivity contribution in [2.24, 2.45) is 0 Å². The van der Waals surface area contributed by atoms with Gasteiger partial charge in [0.2, 0.25) is 0 Å². The number of carbonyl (C=O) groups is 2. The number of hydrogen-bond donors (Lipinski definition) is 0. The average Bonchev–Trinajstić information content (AvgIpc) is 3.22. The second-order valence-corrected chi connectivity index (χ2v) is 12.6. The maximum absolute atomic E-state index is 12.8. The fourth-order valence-corrected chi connectivity index (χ4v) is 7.25. The topological polar surface area (TPSA) is 71.1 Å². The SMILES string of the molecule is C=COC(=O)COc1c(-c2c(OCC(=O)OC=C)c3ccccc3c3cc(-c4ccccc4)ccc23)c2ccc(-c3ccccc3)cc2c2ccccc12. The Hall–Kier alpha value is -7.18. The van der Waals surface area contributed by atoms with Crippen LogP contribution in [0.2, 0.25) is 0 Å².